The third-order valence-electron chi connectivity index (χ3n) is 5.10. The molecular weight excluding hydrogens is 404 g/mol. The molecule has 160 valence electrons. The van der Waals surface area contributed by atoms with Crippen LogP contribution in [0.25, 0.3) is 22.7 Å². The molecule has 32 heavy (non-hydrogen) atoms. The van der Waals surface area contributed by atoms with Crippen LogP contribution in [-0.2, 0) is 6.42 Å². The van der Waals surface area contributed by atoms with Crippen molar-refractivity contribution in [3.05, 3.63) is 102 Å². The van der Waals surface area contributed by atoms with E-state index >= 15 is 0 Å². The molecule has 2 N–H and O–H groups in total. The Bertz CT molecular complexity index is 1190. The first-order valence-electron chi connectivity index (χ1n) is 10.3. The molecule has 1 amide bonds. The lowest BCUT2D eigenvalue weighted by Gasteiger charge is -2.15. The first-order chi connectivity index (χ1) is 15.6. The van der Waals surface area contributed by atoms with E-state index in [2.05, 4.69) is 10.3 Å². The van der Waals surface area contributed by atoms with E-state index in [-0.39, 0.29) is 5.76 Å². The summed E-state index contributed by atoms with van der Waals surface area (Å²) in [4.78, 5) is 29.5. The summed E-state index contributed by atoms with van der Waals surface area (Å²) in [5.74, 6) is -0.0938. The van der Waals surface area contributed by atoms with Crippen LogP contribution in [0.15, 0.2) is 95.4 Å². The molecule has 4 rings (SSSR count). The molecule has 0 aliphatic heterocycles. The van der Waals surface area contributed by atoms with Crippen molar-refractivity contribution in [1.29, 1.82) is 0 Å². The highest BCUT2D eigenvalue weighted by Crippen LogP contribution is 2.30. The first-order valence-corrected chi connectivity index (χ1v) is 10.3. The van der Waals surface area contributed by atoms with Gasteiger partial charge in [0.25, 0.3) is 0 Å². The van der Waals surface area contributed by atoms with Crippen molar-refractivity contribution < 1.29 is 19.1 Å². The minimum Gasteiger partial charge on any atom is -0.465 e. The molecule has 1 heterocycles. The van der Waals surface area contributed by atoms with Crippen molar-refractivity contribution in [2.75, 3.05) is 0 Å². The van der Waals surface area contributed by atoms with Gasteiger partial charge in [0.1, 0.15) is 5.69 Å². The van der Waals surface area contributed by atoms with E-state index in [1.807, 2.05) is 91.0 Å². The maximum atomic E-state index is 13.5. The number of rotatable bonds is 8. The van der Waals surface area contributed by atoms with Gasteiger partial charge < -0.3 is 14.8 Å². The number of amides is 1. The van der Waals surface area contributed by atoms with E-state index in [0.717, 1.165) is 16.7 Å². The molecule has 1 atom stereocenters. The number of carbonyl (C=O) groups excluding carboxylic acids is 1. The molecule has 0 saturated carbocycles. The first kappa shape index (κ1) is 21.1. The van der Waals surface area contributed by atoms with Gasteiger partial charge in [-0.2, -0.15) is 0 Å². The van der Waals surface area contributed by atoms with Gasteiger partial charge in [0, 0.05) is 11.1 Å². The number of ketones is 1. The largest absolute Gasteiger partial charge is 0.465 e. The van der Waals surface area contributed by atoms with E-state index in [1.54, 1.807) is 0 Å². The van der Waals surface area contributed by atoms with Crippen LogP contribution in [0, 0.1) is 0 Å². The van der Waals surface area contributed by atoms with Crippen LogP contribution in [0.2, 0.25) is 0 Å². The van der Waals surface area contributed by atoms with Gasteiger partial charge in [-0.3, -0.25) is 4.79 Å². The maximum Gasteiger partial charge on any atom is 0.405 e. The molecule has 0 aliphatic rings. The average Bonchev–Trinajstić information content (AvgIpc) is 3.28. The number of nitrogens with zero attached hydrogens (tertiary/aromatic N) is 1. The van der Waals surface area contributed by atoms with E-state index in [9.17, 15) is 14.7 Å². The van der Waals surface area contributed by atoms with E-state index in [1.165, 1.54) is 0 Å². The van der Waals surface area contributed by atoms with Gasteiger partial charge in [-0.1, -0.05) is 78.9 Å². The summed E-state index contributed by atoms with van der Waals surface area (Å²) >= 11 is 0. The molecule has 6 nitrogen and oxygen atoms in total. The van der Waals surface area contributed by atoms with Crippen molar-refractivity contribution in [3.8, 4) is 22.7 Å². The van der Waals surface area contributed by atoms with E-state index in [4.69, 9.17) is 4.42 Å². The molecule has 1 unspecified atom stereocenters. The molecule has 4 aromatic rings. The van der Waals surface area contributed by atoms with Crippen LogP contribution in [0.4, 0.5) is 4.79 Å². The second-order valence-electron chi connectivity index (χ2n) is 7.32. The van der Waals surface area contributed by atoms with Crippen LogP contribution >= 0.6 is 0 Å². The lowest BCUT2D eigenvalue weighted by molar-refractivity contribution is 0.0906. The topological polar surface area (TPSA) is 92.4 Å². The molecule has 0 bridgehead atoms. The lowest BCUT2D eigenvalue weighted by atomic mass is 9.99. The van der Waals surface area contributed by atoms with Crippen LogP contribution < -0.4 is 5.32 Å². The predicted octanol–water partition coefficient (Wildman–Crippen LogP) is 5.46. The Kier molecular flexibility index (Phi) is 6.41. The van der Waals surface area contributed by atoms with Crippen molar-refractivity contribution in [2.24, 2.45) is 0 Å². The van der Waals surface area contributed by atoms with Gasteiger partial charge >= 0.3 is 6.09 Å². The van der Waals surface area contributed by atoms with Crippen molar-refractivity contribution >= 4 is 11.9 Å². The number of aromatic nitrogens is 1. The molecule has 0 aliphatic carbocycles. The fourth-order valence-electron chi connectivity index (χ4n) is 3.51. The quantitative estimate of drug-likeness (QED) is 0.365. The van der Waals surface area contributed by atoms with Crippen LogP contribution in [-0.4, -0.2) is 28.0 Å². The third-order valence-corrected chi connectivity index (χ3v) is 5.10. The Morgan fingerprint density at radius 2 is 1.41 bits per heavy atom. The molecule has 0 fully saturated rings. The summed E-state index contributed by atoms with van der Waals surface area (Å²) < 4.78 is 5.94. The SMILES string of the molecule is O=C(O)NC(CCc1ccccc1)C(=O)c1oc(-c2ccccc2)nc1-c1ccccc1. The average molecular weight is 426 g/mol. The Morgan fingerprint density at radius 3 is 2.00 bits per heavy atom. The van der Waals surface area contributed by atoms with Crippen LogP contribution in [0.3, 0.4) is 0 Å². The number of hydrogen-bond donors (Lipinski definition) is 2. The monoisotopic (exact) mass is 426 g/mol. The zero-order chi connectivity index (χ0) is 22.3. The summed E-state index contributed by atoms with van der Waals surface area (Å²) in [6, 6.07) is 27.2. The van der Waals surface area contributed by atoms with Crippen molar-refractivity contribution in [2.45, 2.75) is 18.9 Å². The number of hydrogen-bond acceptors (Lipinski definition) is 4. The van der Waals surface area contributed by atoms with E-state index < -0.39 is 17.9 Å². The number of carbonyl (C=O) groups is 2. The summed E-state index contributed by atoms with van der Waals surface area (Å²) in [6.45, 7) is 0. The van der Waals surface area contributed by atoms with Crippen molar-refractivity contribution in [1.82, 2.24) is 10.3 Å². The molecule has 0 saturated heterocycles. The summed E-state index contributed by atoms with van der Waals surface area (Å²) in [6.07, 6.45) is -0.428. The highest BCUT2D eigenvalue weighted by atomic mass is 16.4. The van der Waals surface area contributed by atoms with Gasteiger partial charge in [0.15, 0.2) is 0 Å². The number of aryl methyl sites for hydroxylation is 1. The number of oxazole rings is 1. The summed E-state index contributed by atoms with van der Waals surface area (Å²) in [7, 11) is 0. The standard InChI is InChI=1S/C26H22N2O4/c29-23(21(27-26(30)31)17-16-18-10-4-1-5-11-18)24-22(19-12-6-2-7-13-19)28-25(32-24)20-14-8-3-9-15-20/h1-15,21,27H,16-17H2,(H,30,31). The van der Waals surface area contributed by atoms with Crippen LogP contribution in [0.5, 0.6) is 0 Å². The fraction of sp³-hybridized carbons (Fsp3) is 0.115. The molecule has 3 aromatic carbocycles. The van der Waals surface area contributed by atoms with Gasteiger partial charge in [-0.05, 0) is 30.5 Å². The molecule has 0 radical (unpaired) electrons. The van der Waals surface area contributed by atoms with Gasteiger partial charge in [0.05, 0.1) is 6.04 Å². The third kappa shape index (κ3) is 4.92. The van der Waals surface area contributed by atoms with E-state index in [0.29, 0.717) is 24.4 Å². The second kappa shape index (κ2) is 9.75. The lowest BCUT2D eigenvalue weighted by Crippen LogP contribution is -2.40. The summed E-state index contributed by atoms with van der Waals surface area (Å²) in [5, 5.41) is 11.7. The Morgan fingerprint density at radius 1 is 0.844 bits per heavy atom. The zero-order valence-electron chi connectivity index (χ0n) is 17.3. The predicted molar refractivity (Wildman–Crippen MR) is 121 cm³/mol. The minimum atomic E-state index is -1.26. The molecule has 0 spiro atoms. The van der Waals surface area contributed by atoms with Gasteiger partial charge in [-0.15, -0.1) is 0 Å². The molecule has 1 aromatic heterocycles. The van der Waals surface area contributed by atoms with Gasteiger partial charge in [0.2, 0.25) is 17.4 Å². The smallest absolute Gasteiger partial charge is 0.405 e. The number of nitrogens with one attached hydrogen (secondary N) is 1. The Hall–Kier alpha value is -4.19. The highest BCUT2D eigenvalue weighted by molar-refractivity contribution is 6.03. The number of benzene rings is 3. The second-order valence-corrected chi connectivity index (χ2v) is 7.32. The minimum absolute atomic E-state index is 0.0434. The van der Waals surface area contributed by atoms with Gasteiger partial charge in [-0.25, -0.2) is 9.78 Å². The Labute approximate surface area is 185 Å². The molecule has 6 heteroatoms. The Balaban J connectivity index is 1.70. The zero-order valence-corrected chi connectivity index (χ0v) is 17.3. The molecular formula is C26H22N2O4. The van der Waals surface area contributed by atoms with Crippen molar-refractivity contribution in [3.63, 3.8) is 0 Å². The number of carboxylic acid groups (broad SMARTS) is 1. The summed E-state index contributed by atoms with van der Waals surface area (Å²) in [5.41, 5.74) is 2.87. The highest BCUT2D eigenvalue weighted by Gasteiger charge is 2.29. The number of Topliss-reactive ketones (excluding diaryl/α,β-unsaturated/α-hetero) is 1. The fourth-order valence-corrected chi connectivity index (χ4v) is 3.51. The normalized spacial score (nSPS) is 11.6. The maximum absolute atomic E-state index is 13.5. The van der Waals surface area contributed by atoms with Crippen LogP contribution in [0.1, 0.15) is 22.5 Å².